The molecule has 1 aromatic carbocycles. The molecule has 2 bridgehead atoms. The Bertz CT molecular complexity index is 1190. The van der Waals surface area contributed by atoms with Crippen molar-refractivity contribution < 1.29 is 23.5 Å². The van der Waals surface area contributed by atoms with Gasteiger partial charge >= 0.3 is 6.09 Å². The molecular formula is C30H40FN5O4. The average molecular weight is 554 g/mol. The number of hydrogen-bond acceptors (Lipinski definition) is 7. The van der Waals surface area contributed by atoms with Crippen molar-refractivity contribution in [3.8, 4) is 6.07 Å². The van der Waals surface area contributed by atoms with E-state index in [0.717, 1.165) is 64.2 Å². The van der Waals surface area contributed by atoms with E-state index in [0.29, 0.717) is 23.6 Å². The van der Waals surface area contributed by atoms with Crippen LogP contribution in [0.1, 0.15) is 52.0 Å². The highest BCUT2D eigenvalue weighted by atomic mass is 19.1. The van der Waals surface area contributed by atoms with E-state index in [9.17, 15) is 14.9 Å². The highest BCUT2D eigenvalue weighted by Gasteiger charge is 2.52. The number of nitriles is 1. The van der Waals surface area contributed by atoms with Gasteiger partial charge in [-0.05, 0) is 76.0 Å². The summed E-state index contributed by atoms with van der Waals surface area (Å²) in [4.78, 5) is 32.7. The standard InChI is InChI=1S/C30H40FN5O4/c1-30(2,3)40-29(38)36-23-7-5-19(11-23)27(36)28(37)33-21(13-32)10-18-4-6-22(12-25(18)31)35-9-8-20-14-34(15-26(20)35)24-16-39-17-24/h4,6,12,19-21,23-24,26-27H,5,7-11,14-17H2,1-3H3,(H,33,37)/t19?,20?,21-,23?,26?,27-/m0/s1. The van der Waals surface area contributed by atoms with Gasteiger partial charge in [0.1, 0.15) is 23.5 Å². The summed E-state index contributed by atoms with van der Waals surface area (Å²) in [5.41, 5.74) is 0.591. The van der Waals surface area contributed by atoms with Gasteiger partial charge in [0, 0.05) is 43.8 Å². The summed E-state index contributed by atoms with van der Waals surface area (Å²) in [5, 5.41) is 12.6. The van der Waals surface area contributed by atoms with Crippen molar-refractivity contribution in [2.75, 3.05) is 37.7 Å². The van der Waals surface area contributed by atoms with E-state index in [1.165, 1.54) is 0 Å². The zero-order valence-corrected chi connectivity index (χ0v) is 23.6. The van der Waals surface area contributed by atoms with Crippen molar-refractivity contribution >= 4 is 17.7 Å². The van der Waals surface area contributed by atoms with Crippen LogP contribution >= 0.6 is 0 Å². The van der Waals surface area contributed by atoms with E-state index in [2.05, 4.69) is 21.2 Å². The Balaban J connectivity index is 1.10. The summed E-state index contributed by atoms with van der Waals surface area (Å²) in [5.74, 6) is -0.103. The van der Waals surface area contributed by atoms with Crippen molar-refractivity contribution in [1.82, 2.24) is 15.1 Å². The quantitative estimate of drug-likeness (QED) is 0.578. The number of ether oxygens (including phenoxy) is 2. The van der Waals surface area contributed by atoms with E-state index in [4.69, 9.17) is 9.47 Å². The average Bonchev–Trinajstić information content (AvgIpc) is 3.63. The lowest BCUT2D eigenvalue weighted by atomic mass is 9.97. The third kappa shape index (κ3) is 5.14. The summed E-state index contributed by atoms with van der Waals surface area (Å²) >= 11 is 0. The van der Waals surface area contributed by atoms with E-state index in [1.54, 1.807) is 37.8 Å². The normalized spacial score (nSPS) is 30.6. The second-order valence-electron chi connectivity index (χ2n) is 13.2. The molecule has 4 heterocycles. The molecule has 2 amide bonds. The van der Waals surface area contributed by atoms with Crippen LogP contribution in [-0.4, -0.2) is 90.5 Å². The first-order chi connectivity index (χ1) is 19.1. The second-order valence-corrected chi connectivity index (χ2v) is 13.2. The molecule has 1 saturated carbocycles. The first-order valence-corrected chi connectivity index (χ1v) is 14.7. The molecule has 1 aliphatic carbocycles. The van der Waals surface area contributed by atoms with Crippen LogP contribution in [0.15, 0.2) is 18.2 Å². The molecule has 0 aromatic heterocycles. The van der Waals surface area contributed by atoms with Gasteiger partial charge in [-0.3, -0.25) is 14.6 Å². The van der Waals surface area contributed by atoms with Crippen molar-refractivity contribution in [2.24, 2.45) is 11.8 Å². The van der Waals surface area contributed by atoms with Gasteiger partial charge in [-0.1, -0.05) is 6.07 Å². The monoisotopic (exact) mass is 553 g/mol. The fourth-order valence-electron chi connectivity index (χ4n) is 7.44. The number of benzene rings is 1. The summed E-state index contributed by atoms with van der Waals surface area (Å²) in [6, 6.07) is 6.67. The zero-order valence-electron chi connectivity index (χ0n) is 23.6. The van der Waals surface area contributed by atoms with Crippen LogP contribution in [0, 0.1) is 29.0 Å². The van der Waals surface area contributed by atoms with Crippen LogP contribution in [0.25, 0.3) is 0 Å². The molecule has 1 aromatic rings. The SMILES string of the molecule is CC(C)(C)OC(=O)N1C2CCC(C2)[C@H]1C(=O)N[C@H](C#N)Cc1ccc(N2CCC3CN(C4COC4)CC32)cc1F. The number of halogens is 1. The predicted octanol–water partition coefficient (Wildman–Crippen LogP) is 3.07. The molecule has 4 unspecified atom stereocenters. The minimum atomic E-state index is -0.906. The molecule has 6 atom stereocenters. The number of hydrogen-bond donors (Lipinski definition) is 1. The topological polar surface area (TPSA) is 98.1 Å². The fraction of sp³-hybridized carbons (Fsp3) is 0.700. The first-order valence-electron chi connectivity index (χ1n) is 14.7. The van der Waals surface area contributed by atoms with Gasteiger partial charge in [0.25, 0.3) is 0 Å². The molecule has 40 heavy (non-hydrogen) atoms. The number of anilines is 1. The van der Waals surface area contributed by atoms with Crippen molar-refractivity contribution in [2.45, 2.75) is 88.7 Å². The largest absolute Gasteiger partial charge is 0.444 e. The molecule has 5 aliphatic rings. The number of nitrogens with zero attached hydrogens (tertiary/aromatic N) is 4. The Kier molecular flexibility index (Phi) is 7.16. The van der Waals surface area contributed by atoms with Gasteiger partial charge in [-0.2, -0.15) is 5.26 Å². The van der Waals surface area contributed by atoms with Crippen LogP contribution in [0.5, 0.6) is 0 Å². The molecule has 0 radical (unpaired) electrons. The second kappa shape index (κ2) is 10.5. The molecule has 10 heteroatoms. The van der Waals surface area contributed by atoms with Gasteiger partial charge in [0.15, 0.2) is 0 Å². The van der Waals surface area contributed by atoms with Crippen LogP contribution in [-0.2, 0) is 20.7 Å². The van der Waals surface area contributed by atoms with Crippen LogP contribution < -0.4 is 10.2 Å². The predicted molar refractivity (Wildman–Crippen MR) is 146 cm³/mol. The molecule has 1 N–H and O–H groups in total. The number of carbonyl (C=O) groups excluding carboxylic acids is 2. The lowest BCUT2D eigenvalue weighted by Crippen LogP contribution is -2.55. The van der Waals surface area contributed by atoms with Crippen LogP contribution in [0.2, 0.25) is 0 Å². The van der Waals surface area contributed by atoms with E-state index in [1.807, 2.05) is 6.07 Å². The first kappa shape index (κ1) is 27.3. The van der Waals surface area contributed by atoms with Crippen molar-refractivity contribution in [3.63, 3.8) is 0 Å². The van der Waals surface area contributed by atoms with Crippen molar-refractivity contribution in [3.05, 3.63) is 29.6 Å². The van der Waals surface area contributed by atoms with E-state index < -0.39 is 23.8 Å². The molecular weight excluding hydrogens is 513 g/mol. The van der Waals surface area contributed by atoms with Crippen LogP contribution in [0.4, 0.5) is 14.9 Å². The van der Waals surface area contributed by atoms with Gasteiger partial charge in [0.05, 0.1) is 25.3 Å². The summed E-state index contributed by atoms with van der Waals surface area (Å²) in [6.07, 6.45) is 3.13. The molecule has 216 valence electrons. The molecule has 0 spiro atoms. The summed E-state index contributed by atoms with van der Waals surface area (Å²) in [7, 11) is 0. The molecule has 4 aliphatic heterocycles. The molecule has 5 fully saturated rings. The number of piperidine rings is 1. The number of carbonyl (C=O) groups is 2. The van der Waals surface area contributed by atoms with Gasteiger partial charge in [-0.25, -0.2) is 9.18 Å². The number of likely N-dealkylation sites (tertiary alicyclic amines) is 2. The Labute approximate surface area is 235 Å². The number of fused-ring (bicyclic) bond motifs is 3. The number of rotatable bonds is 6. The minimum Gasteiger partial charge on any atom is -0.444 e. The third-order valence-electron chi connectivity index (χ3n) is 9.44. The Morgan fingerprint density at radius 3 is 2.65 bits per heavy atom. The van der Waals surface area contributed by atoms with Gasteiger partial charge in [0.2, 0.25) is 5.91 Å². The van der Waals surface area contributed by atoms with Crippen LogP contribution in [0.3, 0.4) is 0 Å². The molecule has 6 rings (SSSR count). The smallest absolute Gasteiger partial charge is 0.411 e. The maximum absolute atomic E-state index is 15.4. The fourth-order valence-corrected chi connectivity index (χ4v) is 7.44. The maximum atomic E-state index is 15.4. The van der Waals surface area contributed by atoms with Gasteiger partial charge < -0.3 is 19.7 Å². The zero-order chi connectivity index (χ0) is 28.2. The summed E-state index contributed by atoms with van der Waals surface area (Å²) < 4.78 is 26.3. The number of nitrogens with one attached hydrogen (secondary N) is 1. The molecule has 9 nitrogen and oxygen atoms in total. The Hall–Kier alpha value is -2.90. The Morgan fingerprint density at radius 2 is 1.98 bits per heavy atom. The molecule has 4 saturated heterocycles. The lowest BCUT2D eigenvalue weighted by molar-refractivity contribution is -0.128. The third-order valence-corrected chi connectivity index (χ3v) is 9.44. The minimum absolute atomic E-state index is 0.0275. The highest BCUT2D eigenvalue weighted by molar-refractivity contribution is 5.87. The Morgan fingerprint density at radius 1 is 1.18 bits per heavy atom. The van der Waals surface area contributed by atoms with Crippen molar-refractivity contribution in [1.29, 1.82) is 5.26 Å². The highest BCUT2D eigenvalue weighted by Crippen LogP contribution is 2.43. The van der Waals surface area contributed by atoms with E-state index in [-0.39, 0.29) is 30.1 Å². The van der Waals surface area contributed by atoms with E-state index >= 15 is 4.39 Å². The van der Waals surface area contributed by atoms with Gasteiger partial charge in [-0.15, -0.1) is 0 Å². The summed E-state index contributed by atoms with van der Waals surface area (Å²) in [6.45, 7) is 9.98. The maximum Gasteiger partial charge on any atom is 0.411 e. The lowest BCUT2D eigenvalue weighted by Gasteiger charge is -2.36. The number of amides is 2.